The summed E-state index contributed by atoms with van der Waals surface area (Å²) in [4.78, 5) is 11.2. The minimum Gasteiger partial charge on any atom is -0.468 e. The fraction of sp³-hybridized carbons (Fsp3) is 0.300. The van der Waals surface area contributed by atoms with Gasteiger partial charge in [-0.15, -0.1) is 0 Å². The first-order chi connectivity index (χ1) is 7.45. The molecule has 0 bridgehead atoms. The number of nitrogen functional groups attached to an aromatic ring is 1. The van der Waals surface area contributed by atoms with E-state index in [0.29, 0.717) is 6.42 Å². The van der Waals surface area contributed by atoms with E-state index in [1.54, 1.807) is 0 Å². The van der Waals surface area contributed by atoms with Gasteiger partial charge in [0, 0.05) is 7.14 Å². The maximum absolute atomic E-state index is 11.2. The summed E-state index contributed by atoms with van der Waals surface area (Å²) in [6.07, 6.45) is 0.457. The van der Waals surface area contributed by atoms with E-state index in [1.165, 1.54) is 7.11 Å². The Bertz CT molecular complexity index is 387. The van der Waals surface area contributed by atoms with E-state index >= 15 is 0 Å². The first-order valence-electron chi connectivity index (χ1n) is 4.52. The van der Waals surface area contributed by atoms with Crippen molar-refractivity contribution in [2.24, 2.45) is 5.73 Å². The van der Waals surface area contributed by atoms with Gasteiger partial charge in [-0.05, 0) is 69.3 Å². The van der Waals surface area contributed by atoms with Crippen molar-refractivity contribution >= 4 is 56.8 Å². The highest BCUT2D eigenvalue weighted by atomic mass is 127. The molecule has 0 amide bonds. The molecule has 0 fully saturated rings. The van der Waals surface area contributed by atoms with Gasteiger partial charge in [-0.1, -0.05) is 0 Å². The van der Waals surface area contributed by atoms with Crippen molar-refractivity contribution in [2.45, 2.75) is 12.5 Å². The molecule has 88 valence electrons. The lowest BCUT2D eigenvalue weighted by Gasteiger charge is -2.11. The molecule has 1 aromatic carbocycles. The number of hydrogen-bond acceptors (Lipinski definition) is 4. The second-order valence-electron chi connectivity index (χ2n) is 3.31. The van der Waals surface area contributed by atoms with Gasteiger partial charge in [0.2, 0.25) is 0 Å². The molecule has 6 heteroatoms. The molecule has 0 aliphatic heterocycles. The Balaban J connectivity index is 2.86. The van der Waals surface area contributed by atoms with E-state index in [1.807, 2.05) is 12.1 Å². The van der Waals surface area contributed by atoms with Gasteiger partial charge < -0.3 is 16.2 Å². The van der Waals surface area contributed by atoms with Crippen molar-refractivity contribution in [3.8, 4) is 0 Å². The largest absolute Gasteiger partial charge is 0.468 e. The molecule has 1 rings (SSSR count). The van der Waals surface area contributed by atoms with Gasteiger partial charge in [-0.25, -0.2) is 0 Å². The molecular formula is C10H12I2N2O2. The molecule has 0 saturated heterocycles. The molecule has 4 N–H and O–H groups in total. The SMILES string of the molecule is COC(=O)[C@@H](N)Cc1cc(I)c(N)c(I)c1. The predicted molar refractivity (Wildman–Crippen MR) is 80.0 cm³/mol. The van der Waals surface area contributed by atoms with E-state index in [0.717, 1.165) is 18.4 Å². The van der Waals surface area contributed by atoms with Gasteiger partial charge in [0.15, 0.2) is 0 Å². The van der Waals surface area contributed by atoms with Crippen molar-refractivity contribution in [1.29, 1.82) is 0 Å². The number of benzene rings is 1. The lowest BCUT2D eigenvalue weighted by molar-refractivity contribution is -0.142. The van der Waals surface area contributed by atoms with Gasteiger partial charge in [-0.2, -0.15) is 0 Å². The van der Waals surface area contributed by atoms with E-state index < -0.39 is 12.0 Å². The summed E-state index contributed by atoms with van der Waals surface area (Å²) in [6, 6.07) is 3.24. The van der Waals surface area contributed by atoms with Crippen LogP contribution in [0.1, 0.15) is 5.56 Å². The van der Waals surface area contributed by atoms with Crippen LogP contribution in [0.25, 0.3) is 0 Å². The summed E-state index contributed by atoms with van der Waals surface area (Å²) in [5.74, 6) is -0.401. The molecule has 16 heavy (non-hydrogen) atoms. The Labute approximate surface area is 121 Å². The lowest BCUT2D eigenvalue weighted by Crippen LogP contribution is -2.33. The molecule has 1 aromatic rings. The highest BCUT2D eigenvalue weighted by Gasteiger charge is 2.15. The minimum atomic E-state index is -0.625. The summed E-state index contributed by atoms with van der Waals surface area (Å²) in [5, 5.41) is 0. The highest BCUT2D eigenvalue weighted by molar-refractivity contribution is 14.1. The summed E-state index contributed by atoms with van der Waals surface area (Å²) >= 11 is 4.32. The highest BCUT2D eigenvalue weighted by Crippen LogP contribution is 2.24. The second-order valence-corrected chi connectivity index (χ2v) is 5.63. The zero-order valence-corrected chi connectivity index (χ0v) is 13.0. The van der Waals surface area contributed by atoms with Gasteiger partial charge in [0.1, 0.15) is 6.04 Å². The monoisotopic (exact) mass is 446 g/mol. The van der Waals surface area contributed by atoms with Crippen LogP contribution in [-0.4, -0.2) is 19.1 Å². The molecule has 0 heterocycles. The van der Waals surface area contributed by atoms with E-state index in [-0.39, 0.29) is 0 Å². The molecule has 0 aromatic heterocycles. The third-order valence-electron chi connectivity index (χ3n) is 2.10. The Morgan fingerprint density at radius 1 is 1.44 bits per heavy atom. The van der Waals surface area contributed by atoms with Gasteiger partial charge >= 0.3 is 5.97 Å². The second kappa shape index (κ2) is 6.01. The van der Waals surface area contributed by atoms with Crippen LogP contribution in [-0.2, 0) is 16.0 Å². The van der Waals surface area contributed by atoms with Crippen LogP contribution in [0.2, 0.25) is 0 Å². The van der Waals surface area contributed by atoms with Gasteiger partial charge in [0.05, 0.1) is 12.8 Å². The van der Waals surface area contributed by atoms with Gasteiger partial charge in [-0.3, -0.25) is 4.79 Å². The number of esters is 1. The van der Waals surface area contributed by atoms with E-state index in [2.05, 4.69) is 49.9 Å². The molecule has 0 aliphatic carbocycles. The van der Waals surface area contributed by atoms with E-state index in [4.69, 9.17) is 11.5 Å². The predicted octanol–water partition coefficient (Wildman–Crippen LogP) is 1.52. The molecule has 0 aliphatic rings. The molecule has 0 unspecified atom stereocenters. The van der Waals surface area contributed by atoms with Crippen LogP contribution in [0.3, 0.4) is 0 Å². The number of nitrogens with two attached hydrogens (primary N) is 2. The third-order valence-corrected chi connectivity index (χ3v) is 3.88. The number of halogens is 2. The molecule has 0 spiro atoms. The number of rotatable bonds is 3. The van der Waals surface area contributed by atoms with Gasteiger partial charge in [0.25, 0.3) is 0 Å². The van der Waals surface area contributed by atoms with Crippen molar-refractivity contribution in [3.05, 3.63) is 24.8 Å². The Kier molecular flexibility index (Phi) is 5.25. The summed E-state index contributed by atoms with van der Waals surface area (Å²) in [6.45, 7) is 0. The fourth-order valence-electron chi connectivity index (χ4n) is 1.24. The first kappa shape index (κ1) is 14.0. The lowest BCUT2D eigenvalue weighted by atomic mass is 10.1. The number of methoxy groups -OCH3 is 1. The maximum atomic E-state index is 11.2. The van der Waals surface area contributed by atoms with Crippen LogP contribution in [0.5, 0.6) is 0 Å². The topological polar surface area (TPSA) is 78.3 Å². The van der Waals surface area contributed by atoms with Crippen LogP contribution >= 0.6 is 45.2 Å². The van der Waals surface area contributed by atoms with Crippen LogP contribution in [0.15, 0.2) is 12.1 Å². The maximum Gasteiger partial charge on any atom is 0.322 e. The van der Waals surface area contributed by atoms with Crippen LogP contribution < -0.4 is 11.5 Å². The van der Waals surface area contributed by atoms with E-state index in [9.17, 15) is 4.79 Å². The van der Waals surface area contributed by atoms with Crippen molar-refractivity contribution in [3.63, 3.8) is 0 Å². The quantitative estimate of drug-likeness (QED) is 0.420. The average Bonchev–Trinajstić information content (AvgIpc) is 2.24. The first-order valence-corrected chi connectivity index (χ1v) is 6.68. The van der Waals surface area contributed by atoms with Crippen molar-refractivity contribution in [1.82, 2.24) is 0 Å². The Hall–Kier alpha value is -0.0900. The Morgan fingerprint density at radius 2 is 1.94 bits per heavy atom. The van der Waals surface area contributed by atoms with Crippen LogP contribution in [0.4, 0.5) is 5.69 Å². The third kappa shape index (κ3) is 3.45. The zero-order chi connectivity index (χ0) is 12.3. The van der Waals surface area contributed by atoms with Crippen molar-refractivity contribution < 1.29 is 9.53 Å². The normalized spacial score (nSPS) is 12.2. The Morgan fingerprint density at radius 3 is 2.38 bits per heavy atom. The average molecular weight is 446 g/mol. The summed E-state index contributed by atoms with van der Waals surface area (Å²) in [5.41, 5.74) is 13.3. The number of carbonyl (C=O) groups excluding carboxylic acids is 1. The molecule has 4 nitrogen and oxygen atoms in total. The standard InChI is InChI=1S/C10H12I2N2O2/c1-16-10(15)8(13)4-5-2-6(11)9(14)7(12)3-5/h2-3,8H,4,13-14H2,1H3/t8-/m0/s1. The zero-order valence-electron chi connectivity index (χ0n) is 8.67. The number of carbonyl (C=O) groups is 1. The minimum absolute atomic E-state index is 0.401. The summed E-state index contributed by atoms with van der Waals surface area (Å²) in [7, 11) is 1.33. The van der Waals surface area contributed by atoms with Crippen molar-refractivity contribution in [2.75, 3.05) is 12.8 Å². The molecule has 1 atom stereocenters. The summed E-state index contributed by atoms with van der Waals surface area (Å²) < 4.78 is 6.51. The molecular weight excluding hydrogens is 434 g/mol. The number of hydrogen-bond donors (Lipinski definition) is 2. The molecule has 0 saturated carbocycles. The number of anilines is 1. The smallest absolute Gasteiger partial charge is 0.322 e. The fourth-order valence-corrected chi connectivity index (χ4v) is 3.14. The van der Waals surface area contributed by atoms with Crippen LogP contribution in [0, 0.1) is 7.14 Å². The number of ether oxygens (including phenoxy) is 1. The molecule has 0 radical (unpaired) electrons.